The molecular weight excluding hydrogens is 290 g/mol. The number of ketones is 1. The van der Waals surface area contributed by atoms with Gasteiger partial charge in [0.2, 0.25) is 0 Å². The molecule has 0 aliphatic rings. The Balaban J connectivity index is 0.000000383. The van der Waals surface area contributed by atoms with Gasteiger partial charge in [-0.15, -0.1) is 0 Å². The lowest BCUT2D eigenvalue weighted by atomic mass is 10.0. The minimum Gasteiger partial charge on any atom is -0.294 e. The molecule has 6 heteroatoms. The third-order valence-corrected chi connectivity index (χ3v) is 2.58. The Kier molecular flexibility index (Phi) is 6.74. The Morgan fingerprint density at radius 2 is 1.38 bits per heavy atom. The Morgan fingerprint density at radius 1 is 0.952 bits per heavy atom. The first-order valence-corrected chi connectivity index (χ1v) is 7.74. The van der Waals surface area contributed by atoms with Crippen molar-refractivity contribution in [1.29, 1.82) is 0 Å². The van der Waals surface area contributed by atoms with Gasteiger partial charge in [-0.1, -0.05) is 60.7 Å². The third kappa shape index (κ3) is 8.69. The van der Waals surface area contributed by atoms with Crippen LogP contribution in [0.5, 0.6) is 0 Å². The number of aryl methyl sites for hydroxylation is 1. The number of nitrogens with two attached hydrogens (primary N) is 1. The molecule has 0 aliphatic carbocycles. The van der Waals surface area contributed by atoms with Crippen LogP contribution in [-0.2, 0) is 16.7 Å². The van der Waals surface area contributed by atoms with Gasteiger partial charge in [-0.3, -0.25) is 9.35 Å². The van der Waals surface area contributed by atoms with Gasteiger partial charge in [0.05, 0.1) is 0 Å². The summed E-state index contributed by atoms with van der Waals surface area (Å²) in [5.41, 5.74) is 2.02. The van der Waals surface area contributed by atoms with Crippen molar-refractivity contribution in [2.24, 2.45) is 5.14 Å². The summed E-state index contributed by atoms with van der Waals surface area (Å²) in [5.74, 6) is 0.212. The second-order valence-electron chi connectivity index (χ2n) is 4.29. The van der Waals surface area contributed by atoms with Crippen LogP contribution in [0.2, 0.25) is 0 Å². The van der Waals surface area contributed by atoms with E-state index in [9.17, 15) is 4.79 Å². The molecule has 0 aliphatic heterocycles. The molecule has 3 N–H and O–H groups in total. The number of hydrogen-bond donors (Lipinski definition) is 2. The van der Waals surface area contributed by atoms with E-state index in [0.717, 1.165) is 12.0 Å². The number of carbonyl (C=O) groups is 1. The molecule has 0 amide bonds. The molecule has 0 bridgehead atoms. The van der Waals surface area contributed by atoms with Crippen LogP contribution in [0.15, 0.2) is 60.7 Å². The molecule has 0 saturated heterocycles. The molecule has 0 fully saturated rings. The van der Waals surface area contributed by atoms with Crippen LogP contribution in [0.3, 0.4) is 0 Å². The minimum atomic E-state index is -4.17. The first-order chi connectivity index (χ1) is 9.86. The summed E-state index contributed by atoms with van der Waals surface area (Å²) in [7, 11) is -4.17. The van der Waals surface area contributed by atoms with Gasteiger partial charge in [0.25, 0.3) is 0 Å². The highest BCUT2D eigenvalue weighted by molar-refractivity contribution is 7.83. The standard InChI is InChI=1S/C15H14O.H3NO3S/c16-15(14-9-5-2-6-10-14)12-11-13-7-3-1-4-8-13;1-5(2,3)4/h1-10H,11-12H2;(H3,1,2,3,4). The second kappa shape index (κ2) is 8.31. The molecule has 0 aromatic heterocycles. The Hall–Kier alpha value is -2.02. The van der Waals surface area contributed by atoms with Crippen LogP contribution in [0.1, 0.15) is 22.3 Å². The van der Waals surface area contributed by atoms with Crippen LogP contribution < -0.4 is 5.14 Å². The highest BCUT2D eigenvalue weighted by Crippen LogP contribution is 2.08. The minimum absolute atomic E-state index is 0.212. The van der Waals surface area contributed by atoms with E-state index in [4.69, 9.17) is 13.0 Å². The van der Waals surface area contributed by atoms with E-state index in [2.05, 4.69) is 17.3 Å². The van der Waals surface area contributed by atoms with E-state index in [1.807, 2.05) is 48.5 Å². The lowest BCUT2D eigenvalue weighted by Gasteiger charge is -2.01. The van der Waals surface area contributed by atoms with E-state index < -0.39 is 10.3 Å². The fraction of sp³-hybridized carbons (Fsp3) is 0.133. The Morgan fingerprint density at radius 3 is 1.86 bits per heavy atom. The van der Waals surface area contributed by atoms with Crippen LogP contribution >= 0.6 is 0 Å². The smallest absolute Gasteiger partial charge is 0.294 e. The molecule has 0 spiro atoms. The number of hydrogen-bond acceptors (Lipinski definition) is 3. The van der Waals surface area contributed by atoms with Crippen molar-refractivity contribution in [2.45, 2.75) is 12.8 Å². The summed E-state index contributed by atoms with van der Waals surface area (Å²) >= 11 is 0. The number of Topliss-reactive ketones (excluding diaryl/α,β-unsaturated/α-hetero) is 1. The zero-order chi connectivity index (χ0) is 15.7. The van der Waals surface area contributed by atoms with Crippen LogP contribution in [0, 0.1) is 0 Å². The number of benzene rings is 2. The van der Waals surface area contributed by atoms with Crippen LogP contribution in [0.4, 0.5) is 0 Å². The normalized spacial score (nSPS) is 10.4. The molecule has 0 saturated carbocycles. The topological polar surface area (TPSA) is 97.5 Å². The molecule has 0 radical (unpaired) electrons. The summed E-state index contributed by atoms with van der Waals surface area (Å²) in [4.78, 5) is 11.8. The molecule has 5 nitrogen and oxygen atoms in total. The summed E-state index contributed by atoms with van der Waals surface area (Å²) in [6.07, 6.45) is 1.39. The van der Waals surface area contributed by atoms with Gasteiger partial charge < -0.3 is 0 Å². The summed E-state index contributed by atoms with van der Waals surface area (Å²) in [6, 6.07) is 19.6. The predicted octanol–water partition coefficient (Wildman–Crippen LogP) is 2.25. The largest absolute Gasteiger partial charge is 0.330 e. The Bertz CT molecular complexity index is 647. The molecular formula is C15H17NO4S. The monoisotopic (exact) mass is 307 g/mol. The van der Waals surface area contributed by atoms with Crippen molar-refractivity contribution in [2.75, 3.05) is 0 Å². The average molecular weight is 307 g/mol. The van der Waals surface area contributed by atoms with Crippen molar-refractivity contribution >= 4 is 16.1 Å². The molecule has 2 aromatic rings. The number of carbonyl (C=O) groups excluding carboxylic acids is 1. The SMILES string of the molecule is NS(=O)(=O)O.O=C(CCc1ccccc1)c1ccccc1. The zero-order valence-electron chi connectivity index (χ0n) is 11.3. The maximum atomic E-state index is 11.8. The van der Waals surface area contributed by atoms with E-state index in [1.54, 1.807) is 0 Å². The molecule has 0 unspecified atom stereocenters. The number of rotatable bonds is 4. The molecule has 112 valence electrons. The summed E-state index contributed by atoms with van der Waals surface area (Å²) < 4.78 is 25.2. The first kappa shape index (κ1) is 17.0. The van der Waals surface area contributed by atoms with Gasteiger partial charge in [0, 0.05) is 12.0 Å². The van der Waals surface area contributed by atoms with Crippen LogP contribution in [0.25, 0.3) is 0 Å². The van der Waals surface area contributed by atoms with Crippen molar-refractivity contribution in [3.8, 4) is 0 Å². The van der Waals surface area contributed by atoms with Gasteiger partial charge >= 0.3 is 10.3 Å². The van der Waals surface area contributed by atoms with Gasteiger partial charge in [-0.25, -0.2) is 5.14 Å². The van der Waals surface area contributed by atoms with Gasteiger partial charge in [0.1, 0.15) is 0 Å². The Labute approximate surface area is 124 Å². The fourth-order valence-electron chi connectivity index (χ4n) is 1.67. The zero-order valence-corrected chi connectivity index (χ0v) is 12.2. The maximum Gasteiger partial charge on any atom is 0.330 e. The fourth-order valence-corrected chi connectivity index (χ4v) is 1.67. The van der Waals surface area contributed by atoms with Gasteiger partial charge in [0.15, 0.2) is 5.78 Å². The van der Waals surface area contributed by atoms with Crippen LogP contribution in [-0.4, -0.2) is 18.8 Å². The van der Waals surface area contributed by atoms with E-state index in [0.29, 0.717) is 6.42 Å². The molecule has 21 heavy (non-hydrogen) atoms. The molecule has 2 aromatic carbocycles. The van der Waals surface area contributed by atoms with E-state index in [-0.39, 0.29) is 5.78 Å². The third-order valence-electron chi connectivity index (χ3n) is 2.58. The highest BCUT2D eigenvalue weighted by Gasteiger charge is 2.04. The summed E-state index contributed by atoms with van der Waals surface area (Å²) in [6.45, 7) is 0. The van der Waals surface area contributed by atoms with Crippen molar-refractivity contribution in [1.82, 2.24) is 0 Å². The van der Waals surface area contributed by atoms with E-state index in [1.165, 1.54) is 5.56 Å². The van der Waals surface area contributed by atoms with Crippen molar-refractivity contribution in [3.63, 3.8) is 0 Å². The first-order valence-electron chi connectivity index (χ1n) is 6.23. The second-order valence-corrected chi connectivity index (χ2v) is 5.32. The maximum absolute atomic E-state index is 11.8. The average Bonchev–Trinajstić information content (AvgIpc) is 2.45. The lowest BCUT2D eigenvalue weighted by Crippen LogP contribution is -2.08. The lowest BCUT2D eigenvalue weighted by molar-refractivity contribution is 0.0983. The van der Waals surface area contributed by atoms with E-state index >= 15 is 0 Å². The summed E-state index contributed by atoms with van der Waals surface area (Å²) in [5, 5.41) is 3.88. The molecule has 2 rings (SSSR count). The van der Waals surface area contributed by atoms with Gasteiger partial charge in [-0.2, -0.15) is 8.42 Å². The van der Waals surface area contributed by atoms with Crippen molar-refractivity contribution in [3.05, 3.63) is 71.8 Å². The molecule has 0 atom stereocenters. The quantitative estimate of drug-likeness (QED) is 0.668. The van der Waals surface area contributed by atoms with Crippen molar-refractivity contribution < 1.29 is 17.8 Å². The predicted molar refractivity (Wildman–Crippen MR) is 81.3 cm³/mol. The van der Waals surface area contributed by atoms with Gasteiger partial charge in [-0.05, 0) is 12.0 Å². The molecule has 0 heterocycles. The highest BCUT2D eigenvalue weighted by atomic mass is 32.2.